The van der Waals surface area contributed by atoms with Gasteiger partial charge in [0, 0.05) is 24.6 Å². The zero-order valence-electron chi connectivity index (χ0n) is 19.2. The molecule has 5 nitrogen and oxygen atoms in total. The molecule has 3 aliphatic rings. The third-order valence-electron chi connectivity index (χ3n) is 7.06. The molecule has 2 aliphatic carbocycles. The molecule has 1 saturated heterocycles. The van der Waals surface area contributed by atoms with E-state index in [1.165, 1.54) is 26.0 Å². The topological polar surface area (TPSA) is 51.7 Å². The van der Waals surface area contributed by atoms with Gasteiger partial charge in [-0.2, -0.15) is 0 Å². The van der Waals surface area contributed by atoms with Crippen LogP contribution in [0.4, 0.5) is 4.39 Å². The summed E-state index contributed by atoms with van der Waals surface area (Å²) in [7, 11) is 1.27. The van der Waals surface area contributed by atoms with Crippen LogP contribution in [0.15, 0.2) is 24.3 Å². The third-order valence-corrected chi connectivity index (χ3v) is 7.38. The average molecular weight is 473 g/mol. The van der Waals surface area contributed by atoms with Gasteiger partial charge in [-0.15, -0.1) is 0 Å². The molecule has 3 fully saturated rings. The first-order valence-electron chi connectivity index (χ1n) is 11.9. The minimum absolute atomic E-state index is 0.0223. The van der Waals surface area contributed by atoms with Crippen LogP contribution in [0.1, 0.15) is 90.6 Å². The number of rotatable bonds is 7. The quantitative estimate of drug-likeness (QED) is 0.461. The molecule has 1 unspecified atom stereocenters. The molecule has 0 N–H and O–H groups in total. The van der Waals surface area contributed by atoms with Crippen LogP contribution in [0.5, 0.6) is 5.75 Å². The number of halogens is 2. The van der Waals surface area contributed by atoms with Gasteiger partial charge in [0.25, 0.3) is 0 Å². The summed E-state index contributed by atoms with van der Waals surface area (Å²) in [5.41, 5.74) is 2.96. The molecule has 1 aromatic heterocycles. The SMILES string of the molecule is COC(=O)c1cc(C2CC2)c(OC2CCCN([C@@H](C)c3ccc(Cl)c(C4CC4)n3)C2)cc1F. The lowest BCUT2D eigenvalue weighted by atomic mass is 10.0. The molecule has 5 rings (SSSR count). The van der Waals surface area contributed by atoms with Crippen molar-refractivity contribution in [2.24, 2.45) is 0 Å². The predicted octanol–water partition coefficient (Wildman–Crippen LogP) is 6.02. The smallest absolute Gasteiger partial charge is 0.340 e. The molecule has 7 heteroatoms. The van der Waals surface area contributed by atoms with Crippen LogP contribution in [0, 0.1) is 5.82 Å². The summed E-state index contributed by atoms with van der Waals surface area (Å²) in [6.45, 7) is 3.89. The molecule has 2 aromatic rings. The summed E-state index contributed by atoms with van der Waals surface area (Å²) in [5.74, 6) is 0.134. The molecule has 2 heterocycles. The summed E-state index contributed by atoms with van der Waals surface area (Å²) in [4.78, 5) is 19.2. The van der Waals surface area contributed by atoms with Crippen molar-refractivity contribution in [3.05, 3.63) is 57.6 Å². The van der Waals surface area contributed by atoms with Gasteiger partial charge in [-0.1, -0.05) is 11.6 Å². The fraction of sp³-hybridized carbons (Fsp3) is 0.538. The van der Waals surface area contributed by atoms with E-state index in [2.05, 4.69) is 11.8 Å². The van der Waals surface area contributed by atoms with E-state index in [1.54, 1.807) is 6.07 Å². The van der Waals surface area contributed by atoms with Crippen LogP contribution in [-0.2, 0) is 4.74 Å². The molecule has 0 bridgehead atoms. The van der Waals surface area contributed by atoms with Gasteiger partial charge in [-0.05, 0) is 81.7 Å². The molecular formula is C26H30ClFN2O3. The number of carbonyl (C=O) groups excluding carboxylic acids is 1. The molecule has 2 atom stereocenters. The number of aromatic nitrogens is 1. The van der Waals surface area contributed by atoms with Crippen LogP contribution < -0.4 is 4.74 Å². The first kappa shape index (κ1) is 22.6. The molecule has 176 valence electrons. The van der Waals surface area contributed by atoms with Crippen molar-refractivity contribution in [1.82, 2.24) is 9.88 Å². The van der Waals surface area contributed by atoms with E-state index >= 15 is 0 Å². The minimum atomic E-state index is -0.653. The number of nitrogens with zero attached hydrogens (tertiary/aromatic N) is 2. The maximum atomic E-state index is 14.7. The zero-order chi connectivity index (χ0) is 23.1. The summed E-state index contributed by atoms with van der Waals surface area (Å²) in [5, 5.41) is 0.762. The highest BCUT2D eigenvalue weighted by molar-refractivity contribution is 6.31. The van der Waals surface area contributed by atoms with E-state index in [9.17, 15) is 9.18 Å². The number of pyridine rings is 1. The number of hydrogen-bond donors (Lipinski definition) is 0. The Bertz CT molecular complexity index is 1050. The Hall–Kier alpha value is -2.18. The average Bonchev–Trinajstić information content (AvgIpc) is 3.72. The van der Waals surface area contributed by atoms with Crippen molar-refractivity contribution in [2.75, 3.05) is 20.2 Å². The van der Waals surface area contributed by atoms with Gasteiger partial charge in [0.05, 0.1) is 29.1 Å². The summed E-state index contributed by atoms with van der Waals surface area (Å²) < 4.78 is 25.8. The second-order valence-corrected chi connectivity index (χ2v) is 9.97. The Morgan fingerprint density at radius 3 is 2.64 bits per heavy atom. The van der Waals surface area contributed by atoms with Crippen LogP contribution in [0.2, 0.25) is 5.02 Å². The fourth-order valence-electron chi connectivity index (χ4n) is 4.78. The van der Waals surface area contributed by atoms with Crippen molar-refractivity contribution < 1.29 is 18.7 Å². The monoisotopic (exact) mass is 472 g/mol. The largest absolute Gasteiger partial charge is 0.489 e. The van der Waals surface area contributed by atoms with Crippen molar-refractivity contribution in [3.63, 3.8) is 0 Å². The highest BCUT2D eigenvalue weighted by atomic mass is 35.5. The van der Waals surface area contributed by atoms with Crippen molar-refractivity contribution in [3.8, 4) is 5.75 Å². The maximum Gasteiger partial charge on any atom is 0.340 e. The van der Waals surface area contributed by atoms with Crippen LogP contribution in [-0.4, -0.2) is 42.2 Å². The minimum Gasteiger partial charge on any atom is -0.489 e. The highest BCUT2D eigenvalue weighted by Crippen LogP contribution is 2.46. The number of hydrogen-bond acceptors (Lipinski definition) is 5. The lowest BCUT2D eigenvalue weighted by molar-refractivity contribution is 0.0592. The van der Waals surface area contributed by atoms with Gasteiger partial charge < -0.3 is 9.47 Å². The van der Waals surface area contributed by atoms with E-state index in [-0.39, 0.29) is 17.7 Å². The summed E-state index contributed by atoms with van der Waals surface area (Å²) in [6, 6.07) is 7.13. The molecule has 33 heavy (non-hydrogen) atoms. The number of piperidine rings is 1. The lowest BCUT2D eigenvalue weighted by Crippen LogP contribution is -2.42. The molecule has 0 amide bonds. The van der Waals surface area contributed by atoms with Gasteiger partial charge in [-0.25, -0.2) is 9.18 Å². The molecular weight excluding hydrogens is 443 g/mol. The maximum absolute atomic E-state index is 14.7. The number of likely N-dealkylation sites (tertiary alicyclic amines) is 1. The third kappa shape index (κ3) is 4.87. The number of esters is 1. The fourth-order valence-corrected chi connectivity index (χ4v) is 5.04. The van der Waals surface area contributed by atoms with Crippen molar-refractivity contribution in [1.29, 1.82) is 0 Å². The Labute approximate surface area is 199 Å². The van der Waals surface area contributed by atoms with Crippen molar-refractivity contribution in [2.45, 2.75) is 69.4 Å². The predicted molar refractivity (Wildman–Crippen MR) is 125 cm³/mol. The first-order valence-corrected chi connectivity index (χ1v) is 12.3. The molecule has 1 aliphatic heterocycles. The van der Waals surface area contributed by atoms with Gasteiger partial charge in [0.1, 0.15) is 17.7 Å². The second kappa shape index (κ2) is 9.22. The molecule has 2 saturated carbocycles. The van der Waals surface area contributed by atoms with Gasteiger partial charge in [-0.3, -0.25) is 9.88 Å². The Morgan fingerprint density at radius 1 is 1.18 bits per heavy atom. The highest BCUT2D eigenvalue weighted by Gasteiger charge is 2.33. The molecule has 0 spiro atoms. The van der Waals surface area contributed by atoms with E-state index in [4.69, 9.17) is 26.1 Å². The van der Waals surface area contributed by atoms with E-state index in [0.29, 0.717) is 17.6 Å². The van der Waals surface area contributed by atoms with Gasteiger partial charge in [0.2, 0.25) is 0 Å². The standard InChI is InChI=1S/C26H30ClFN2O3/c1-15(23-10-9-21(27)25(29-23)17-7-8-17)30-11-3-4-18(14-30)33-24-13-22(28)20(26(31)32-2)12-19(24)16-5-6-16/h9-10,12-13,15-18H,3-8,11,14H2,1-2H3/t15-,18?/m0/s1. The lowest BCUT2D eigenvalue weighted by Gasteiger charge is -2.37. The van der Waals surface area contributed by atoms with Crippen molar-refractivity contribution >= 4 is 17.6 Å². The number of carbonyl (C=O) groups is 1. The summed E-state index contributed by atoms with van der Waals surface area (Å²) in [6.07, 6.45) is 6.26. The van der Waals surface area contributed by atoms with Gasteiger partial charge in [0.15, 0.2) is 0 Å². The Balaban J connectivity index is 1.32. The number of benzene rings is 1. The number of methoxy groups -OCH3 is 1. The zero-order valence-corrected chi connectivity index (χ0v) is 19.9. The van der Waals surface area contributed by atoms with Crippen LogP contribution in [0.25, 0.3) is 0 Å². The van der Waals surface area contributed by atoms with Gasteiger partial charge >= 0.3 is 5.97 Å². The van der Waals surface area contributed by atoms with Crippen LogP contribution in [0.3, 0.4) is 0 Å². The second-order valence-electron chi connectivity index (χ2n) is 9.57. The first-order chi connectivity index (χ1) is 15.9. The summed E-state index contributed by atoms with van der Waals surface area (Å²) >= 11 is 6.38. The van der Waals surface area contributed by atoms with E-state index in [1.807, 2.05) is 12.1 Å². The normalized spacial score (nSPS) is 22.1. The number of ether oxygens (including phenoxy) is 2. The Morgan fingerprint density at radius 2 is 1.94 bits per heavy atom. The molecule has 0 radical (unpaired) electrons. The van der Waals surface area contributed by atoms with Crippen LogP contribution >= 0.6 is 11.6 Å². The Kier molecular flexibility index (Phi) is 6.32. The molecule has 1 aromatic carbocycles. The van der Waals surface area contributed by atoms with E-state index < -0.39 is 11.8 Å². The van der Waals surface area contributed by atoms with E-state index in [0.717, 1.165) is 60.7 Å².